The Hall–Kier alpha value is -0.340. The second kappa shape index (κ2) is 5.10. The fourth-order valence-corrected chi connectivity index (χ4v) is 7.89. The van der Waals surface area contributed by atoms with Crippen LogP contribution in [0.15, 0.2) is 12.2 Å². The second-order valence-electron chi connectivity index (χ2n) is 10.0. The molecule has 4 fully saturated rings. The summed E-state index contributed by atoms with van der Waals surface area (Å²) in [7, 11) is 0. The average Bonchev–Trinajstić information content (AvgIpc) is 3.15. The predicted molar refractivity (Wildman–Crippen MR) is 95.4 cm³/mol. The molecule has 0 aromatic rings. The molecule has 5 rings (SSSR count). The van der Waals surface area contributed by atoms with Crippen molar-refractivity contribution in [3.05, 3.63) is 12.2 Å². The van der Waals surface area contributed by atoms with Gasteiger partial charge in [0.1, 0.15) is 0 Å². The van der Waals surface area contributed by atoms with E-state index in [2.05, 4.69) is 32.9 Å². The lowest BCUT2D eigenvalue weighted by Gasteiger charge is -2.60. The van der Waals surface area contributed by atoms with Crippen LogP contribution in [0.3, 0.4) is 0 Å². The van der Waals surface area contributed by atoms with E-state index >= 15 is 0 Å². The molecule has 1 heterocycles. The standard InChI is InChI=1S/C22H34O2/c1-15-6-9-20(2)16(14-15)4-5-17-18(20)7-10-21(3)19(17)8-11-22(21)23-12-13-24-22/h6,9,15-19H,4-5,7-8,10-14H2,1-3H3/t15?,16?,17?,18?,19?,20-,21-/m0/s1. The van der Waals surface area contributed by atoms with Crippen LogP contribution in [0.1, 0.15) is 65.7 Å². The van der Waals surface area contributed by atoms with Gasteiger partial charge >= 0.3 is 0 Å². The molecule has 5 unspecified atom stereocenters. The molecule has 0 amide bonds. The molecule has 0 aromatic carbocycles. The smallest absolute Gasteiger partial charge is 0.174 e. The Kier molecular flexibility index (Phi) is 3.37. The highest BCUT2D eigenvalue weighted by molar-refractivity contribution is 5.18. The topological polar surface area (TPSA) is 18.5 Å². The van der Waals surface area contributed by atoms with Crippen LogP contribution in [0.25, 0.3) is 0 Å². The highest BCUT2D eigenvalue weighted by Crippen LogP contribution is 2.68. The molecule has 4 aliphatic carbocycles. The van der Waals surface area contributed by atoms with E-state index < -0.39 is 0 Å². The lowest BCUT2D eigenvalue weighted by atomic mass is 9.46. The Labute approximate surface area is 147 Å². The highest BCUT2D eigenvalue weighted by atomic mass is 16.7. The molecular formula is C22H34O2. The average molecular weight is 331 g/mol. The molecule has 1 spiro atoms. The maximum absolute atomic E-state index is 6.26. The molecule has 134 valence electrons. The zero-order valence-corrected chi connectivity index (χ0v) is 15.7. The molecule has 24 heavy (non-hydrogen) atoms. The third-order valence-corrected chi connectivity index (χ3v) is 9.20. The molecule has 1 aliphatic heterocycles. The molecule has 0 N–H and O–H groups in total. The van der Waals surface area contributed by atoms with E-state index in [0.717, 1.165) is 49.2 Å². The van der Waals surface area contributed by atoms with Crippen LogP contribution in [0.5, 0.6) is 0 Å². The van der Waals surface area contributed by atoms with Gasteiger partial charge in [-0.1, -0.05) is 32.9 Å². The first kappa shape index (κ1) is 15.9. The summed E-state index contributed by atoms with van der Waals surface area (Å²) in [4.78, 5) is 0. The third-order valence-electron chi connectivity index (χ3n) is 9.20. The van der Waals surface area contributed by atoms with Crippen molar-refractivity contribution in [1.82, 2.24) is 0 Å². The van der Waals surface area contributed by atoms with Crippen LogP contribution < -0.4 is 0 Å². The van der Waals surface area contributed by atoms with Crippen molar-refractivity contribution < 1.29 is 9.47 Å². The Bertz CT molecular complexity index is 548. The summed E-state index contributed by atoms with van der Waals surface area (Å²) in [5.41, 5.74) is 0.698. The van der Waals surface area contributed by atoms with Gasteiger partial charge in [-0.3, -0.25) is 0 Å². The maximum atomic E-state index is 6.26. The van der Waals surface area contributed by atoms with Gasteiger partial charge in [0.05, 0.1) is 13.2 Å². The summed E-state index contributed by atoms with van der Waals surface area (Å²) >= 11 is 0. The zero-order valence-electron chi connectivity index (χ0n) is 15.7. The van der Waals surface area contributed by atoms with Gasteiger partial charge in [-0.15, -0.1) is 0 Å². The third kappa shape index (κ3) is 1.85. The number of allylic oxidation sites excluding steroid dienone is 2. The fraction of sp³-hybridized carbons (Fsp3) is 0.909. The molecule has 0 bridgehead atoms. The minimum atomic E-state index is -0.239. The van der Waals surface area contributed by atoms with Gasteiger partial charge in [0.25, 0.3) is 0 Å². The summed E-state index contributed by atoms with van der Waals surface area (Å²) < 4.78 is 12.5. The van der Waals surface area contributed by atoms with Crippen molar-refractivity contribution in [3.8, 4) is 0 Å². The number of rotatable bonds is 0. The van der Waals surface area contributed by atoms with Gasteiger partial charge in [0, 0.05) is 11.8 Å². The van der Waals surface area contributed by atoms with Gasteiger partial charge in [-0.25, -0.2) is 0 Å². The van der Waals surface area contributed by atoms with Crippen molar-refractivity contribution in [2.24, 2.45) is 40.4 Å². The summed E-state index contributed by atoms with van der Waals surface area (Å²) in [6.07, 6.45) is 14.6. The van der Waals surface area contributed by atoms with Gasteiger partial charge in [-0.05, 0) is 73.5 Å². The quantitative estimate of drug-likeness (QED) is 0.569. The van der Waals surface area contributed by atoms with E-state index in [4.69, 9.17) is 9.47 Å². The Morgan fingerprint density at radius 3 is 2.46 bits per heavy atom. The molecular weight excluding hydrogens is 296 g/mol. The van der Waals surface area contributed by atoms with Gasteiger partial charge in [-0.2, -0.15) is 0 Å². The van der Waals surface area contributed by atoms with E-state index in [0.29, 0.717) is 5.41 Å². The van der Waals surface area contributed by atoms with E-state index in [9.17, 15) is 0 Å². The Balaban J connectivity index is 1.48. The van der Waals surface area contributed by atoms with Crippen LogP contribution in [-0.2, 0) is 9.47 Å². The molecule has 7 atom stereocenters. The van der Waals surface area contributed by atoms with Crippen molar-refractivity contribution >= 4 is 0 Å². The van der Waals surface area contributed by atoms with Gasteiger partial charge in [0.2, 0.25) is 0 Å². The van der Waals surface area contributed by atoms with Crippen LogP contribution in [0, 0.1) is 40.4 Å². The molecule has 3 saturated carbocycles. The van der Waals surface area contributed by atoms with Crippen molar-refractivity contribution in [3.63, 3.8) is 0 Å². The molecule has 5 aliphatic rings. The highest BCUT2D eigenvalue weighted by Gasteiger charge is 2.66. The number of ether oxygens (including phenoxy) is 2. The van der Waals surface area contributed by atoms with Crippen LogP contribution in [0.4, 0.5) is 0 Å². The van der Waals surface area contributed by atoms with Crippen LogP contribution >= 0.6 is 0 Å². The predicted octanol–water partition coefficient (Wildman–Crippen LogP) is 5.18. The molecule has 2 nitrogen and oxygen atoms in total. The van der Waals surface area contributed by atoms with Gasteiger partial charge < -0.3 is 9.47 Å². The summed E-state index contributed by atoms with van der Waals surface area (Å²) in [5.74, 6) is 4.03. The van der Waals surface area contributed by atoms with Crippen LogP contribution in [-0.4, -0.2) is 19.0 Å². The molecule has 2 heteroatoms. The van der Waals surface area contributed by atoms with E-state index in [1.165, 1.54) is 38.5 Å². The minimum absolute atomic E-state index is 0.239. The Morgan fingerprint density at radius 2 is 1.67 bits per heavy atom. The zero-order chi connectivity index (χ0) is 16.6. The van der Waals surface area contributed by atoms with E-state index in [1.807, 2.05) is 0 Å². The first-order chi connectivity index (χ1) is 11.5. The number of hydrogen-bond acceptors (Lipinski definition) is 2. The minimum Gasteiger partial charge on any atom is -0.347 e. The van der Waals surface area contributed by atoms with Crippen LogP contribution in [0.2, 0.25) is 0 Å². The van der Waals surface area contributed by atoms with E-state index in [1.54, 1.807) is 0 Å². The lowest BCUT2D eigenvalue weighted by molar-refractivity contribution is -0.244. The Morgan fingerprint density at radius 1 is 0.917 bits per heavy atom. The summed E-state index contributed by atoms with van der Waals surface area (Å²) in [6, 6.07) is 0. The first-order valence-electron chi connectivity index (χ1n) is 10.5. The monoisotopic (exact) mass is 330 g/mol. The fourth-order valence-electron chi connectivity index (χ4n) is 7.89. The summed E-state index contributed by atoms with van der Waals surface area (Å²) in [5, 5.41) is 0. The van der Waals surface area contributed by atoms with Gasteiger partial charge in [0.15, 0.2) is 5.79 Å². The lowest BCUT2D eigenvalue weighted by Crippen LogP contribution is -2.56. The van der Waals surface area contributed by atoms with Crippen molar-refractivity contribution in [1.29, 1.82) is 0 Å². The molecule has 0 radical (unpaired) electrons. The van der Waals surface area contributed by atoms with Crippen molar-refractivity contribution in [2.45, 2.75) is 71.5 Å². The molecule has 0 aromatic heterocycles. The second-order valence-corrected chi connectivity index (χ2v) is 10.0. The number of fused-ring (bicyclic) bond motifs is 6. The first-order valence-corrected chi connectivity index (χ1v) is 10.5. The maximum Gasteiger partial charge on any atom is 0.174 e. The number of hydrogen-bond donors (Lipinski definition) is 0. The largest absolute Gasteiger partial charge is 0.347 e. The molecule has 1 saturated heterocycles. The van der Waals surface area contributed by atoms with Crippen molar-refractivity contribution in [2.75, 3.05) is 13.2 Å². The summed E-state index contributed by atoms with van der Waals surface area (Å²) in [6.45, 7) is 9.09. The van der Waals surface area contributed by atoms with E-state index in [-0.39, 0.29) is 11.2 Å². The normalized spacial score (nSPS) is 55.2. The SMILES string of the molecule is CC1C=C[C@@]2(C)C(CCC3C2CC[C@@]2(C)C3CCC23OCCO3)C1.